The van der Waals surface area contributed by atoms with Crippen LogP contribution in [-0.2, 0) is 18.4 Å². The number of carbonyl (C=O) groups excluding carboxylic acids is 1. The van der Waals surface area contributed by atoms with Crippen molar-refractivity contribution in [1.29, 1.82) is 0 Å². The van der Waals surface area contributed by atoms with Gasteiger partial charge in [0.25, 0.3) is 0 Å². The van der Waals surface area contributed by atoms with Gasteiger partial charge in [-0.2, -0.15) is 10.2 Å². The Hall–Kier alpha value is -1.82. The van der Waals surface area contributed by atoms with E-state index in [0.717, 1.165) is 22.6 Å². The zero-order chi connectivity index (χ0) is 15.7. The number of halogens is 1. The van der Waals surface area contributed by atoms with Crippen LogP contribution >= 0.6 is 11.6 Å². The minimum Gasteiger partial charge on any atom is -0.350 e. The van der Waals surface area contributed by atoms with Gasteiger partial charge in [-0.05, 0) is 27.7 Å². The van der Waals surface area contributed by atoms with Crippen molar-refractivity contribution in [3.8, 4) is 0 Å². The molecule has 1 amide bonds. The minimum atomic E-state index is -0.409. The molecule has 0 aliphatic carbocycles. The third kappa shape index (κ3) is 2.95. The van der Waals surface area contributed by atoms with Crippen molar-refractivity contribution in [3.63, 3.8) is 0 Å². The zero-order valence-electron chi connectivity index (χ0n) is 12.9. The van der Waals surface area contributed by atoms with E-state index in [4.69, 9.17) is 11.6 Å². The molecular weight excluding hydrogens is 290 g/mol. The largest absolute Gasteiger partial charge is 0.350 e. The van der Waals surface area contributed by atoms with Gasteiger partial charge in [0.1, 0.15) is 6.04 Å². The molecule has 2 aromatic rings. The highest BCUT2D eigenvalue weighted by Gasteiger charge is 2.20. The second-order valence-corrected chi connectivity index (χ2v) is 5.58. The SMILES string of the molecule is Cc1nn(C(C)C(=O)NCc2cnn(C)c2C)c(C)c1Cl. The van der Waals surface area contributed by atoms with Gasteiger partial charge >= 0.3 is 0 Å². The molecule has 1 atom stereocenters. The molecule has 0 fully saturated rings. The van der Waals surface area contributed by atoms with E-state index < -0.39 is 6.04 Å². The van der Waals surface area contributed by atoms with Crippen LogP contribution in [-0.4, -0.2) is 25.5 Å². The Kier molecular flexibility index (Phi) is 4.37. The van der Waals surface area contributed by atoms with E-state index in [1.165, 1.54) is 0 Å². The number of amides is 1. The Morgan fingerprint density at radius 3 is 2.52 bits per heavy atom. The van der Waals surface area contributed by atoms with Gasteiger partial charge in [-0.3, -0.25) is 14.2 Å². The summed E-state index contributed by atoms with van der Waals surface area (Å²) in [6.07, 6.45) is 1.76. The lowest BCUT2D eigenvalue weighted by Crippen LogP contribution is -2.31. The Morgan fingerprint density at radius 1 is 1.38 bits per heavy atom. The lowest BCUT2D eigenvalue weighted by atomic mass is 10.2. The highest BCUT2D eigenvalue weighted by molar-refractivity contribution is 6.31. The molecule has 114 valence electrons. The lowest BCUT2D eigenvalue weighted by molar-refractivity contribution is -0.124. The molecule has 0 spiro atoms. The molecule has 6 nitrogen and oxygen atoms in total. The molecule has 0 bridgehead atoms. The molecule has 0 radical (unpaired) electrons. The molecule has 7 heteroatoms. The van der Waals surface area contributed by atoms with Crippen molar-refractivity contribution < 1.29 is 4.79 Å². The normalized spacial score (nSPS) is 12.5. The van der Waals surface area contributed by atoms with E-state index in [1.54, 1.807) is 22.5 Å². The maximum Gasteiger partial charge on any atom is 0.244 e. The summed E-state index contributed by atoms with van der Waals surface area (Å²) in [5, 5.41) is 12.0. The van der Waals surface area contributed by atoms with Crippen molar-refractivity contribution in [2.24, 2.45) is 7.05 Å². The first-order valence-corrected chi connectivity index (χ1v) is 7.17. The van der Waals surface area contributed by atoms with Crippen molar-refractivity contribution in [2.75, 3.05) is 0 Å². The van der Waals surface area contributed by atoms with Crippen LogP contribution in [0.3, 0.4) is 0 Å². The molecule has 2 aromatic heterocycles. The van der Waals surface area contributed by atoms with E-state index >= 15 is 0 Å². The quantitative estimate of drug-likeness (QED) is 0.940. The van der Waals surface area contributed by atoms with Crippen molar-refractivity contribution >= 4 is 17.5 Å². The second-order valence-electron chi connectivity index (χ2n) is 5.20. The minimum absolute atomic E-state index is 0.0967. The summed E-state index contributed by atoms with van der Waals surface area (Å²) in [5.74, 6) is -0.0967. The highest BCUT2D eigenvalue weighted by atomic mass is 35.5. The average molecular weight is 310 g/mol. The number of hydrogen-bond acceptors (Lipinski definition) is 3. The first kappa shape index (κ1) is 15.6. The Bertz CT molecular complexity index is 673. The third-order valence-corrected chi connectivity index (χ3v) is 4.32. The standard InChI is InChI=1S/C14H20ClN5O/c1-8-13(15)10(3)20(18-8)11(4)14(21)16-6-12-7-17-19(5)9(12)2/h7,11H,6H2,1-5H3,(H,16,21). The van der Waals surface area contributed by atoms with Crippen LogP contribution in [0.1, 0.15) is 35.6 Å². The van der Waals surface area contributed by atoms with Gasteiger partial charge in [0, 0.05) is 24.8 Å². The molecule has 0 aliphatic rings. The lowest BCUT2D eigenvalue weighted by Gasteiger charge is -2.14. The van der Waals surface area contributed by atoms with Crippen LogP contribution in [0.5, 0.6) is 0 Å². The average Bonchev–Trinajstić information content (AvgIpc) is 2.91. The topological polar surface area (TPSA) is 64.7 Å². The van der Waals surface area contributed by atoms with Crippen LogP contribution in [0.4, 0.5) is 0 Å². The molecule has 0 saturated carbocycles. The van der Waals surface area contributed by atoms with E-state index in [1.807, 2.05) is 27.8 Å². The number of aryl methyl sites for hydroxylation is 2. The molecular formula is C14H20ClN5O. The summed E-state index contributed by atoms with van der Waals surface area (Å²) in [6.45, 7) is 7.92. The predicted molar refractivity (Wildman–Crippen MR) is 81.2 cm³/mol. The smallest absolute Gasteiger partial charge is 0.244 e. The van der Waals surface area contributed by atoms with E-state index in [2.05, 4.69) is 15.5 Å². The number of hydrogen-bond donors (Lipinski definition) is 1. The van der Waals surface area contributed by atoms with E-state index in [-0.39, 0.29) is 5.91 Å². The molecule has 21 heavy (non-hydrogen) atoms. The van der Waals surface area contributed by atoms with Gasteiger partial charge < -0.3 is 5.32 Å². The van der Waals surface area contributed by atoms with Crippen LogP contribution in [0, 0.1) is 20.8 Å². The third-order valence-electron chi connectivity index (χ3n) is 3.77. The Balaban J connectivity index is 2.06. The van der Waals surface area contributed by atoms with E-state index in [0.29, 0.717) is 11.6 Å². The van der Waals surface area contributed by atoms with Gasteiger partial charge in [0.2, 0.25) is 5.91 Å². The summed E-state index contributed by atoms with van der Waals surface area (Å²) >= 11 is 6.12. The summed E-state index contributed by atoms with van der Waals surface area (Å²) in [4.78, 5) is 12.3. The molecule has 0 aromatic carbocycles. The molecule has 1 unspecified atom stereocenters. The van der Waals surface area contributed by atoms with Crippen LogP contribution in [0.2, 0.25) is 5.02 Å². The van der Waals surface area contributed by atoms with E-state index in [9.17, 15) is 4.79 Å². The fraction of sp³-hybridized carbons (Fsp3) is 0.500. The maximum atomic E-state index is 12.3. The zero-order valence-corrected chi connectivity index (χ0v) is 13.7. The summed E-state index contributed by atoms with van der Waals surface area (Å²) in [5.41, 5.74) is 3.58. The number of carbonyl (C=O) groups is 1. The summed E-state index contributed by atoms with van der Waals surface area (Å²) < 4.78 is 3.44. The maximum absolute atomic E-state index is 12.3. The molecule has 2 rings (SSSR count). The van der Waals surface area contributed by atoms with Crippen LogP contribution < -0.4 is 5.32 Å². The number of rotatable bonds is 4. The first-order valence-electron chi connectivity index (χ1n) is 6.79. The predicted octanol–water partition coefficient (Wildman–Crippen LogP) is 2.07. The summed E-state index contributed by atoms with van der Waals surface area (Å²) in [6, 6.07) is -0.409. The van der Waals surface area contributed by atoms with Crippen molar-refractivity contribution in [2.45, 2.75) is 40.3 Å². The van der Waals surface area contributed by atoms with Gasteiger partial charge in [0.05, 0.1) is 22.6 Å². The molecule has 1 N–H and O–H groups in total. The Labute approximate surface area is 129 Å². The van der Waals surface area contributed by atoms with Gasteiger partial charge in [-0.15, -0.1) is 0 Å². The van der Waals surface area contributed by atoms with Crippen LogP contribution in [0.15, 0.2) is 6.20 Å². The van der Waals surface area contributed by atoms with Crippen molar-refractivity contribution in [3.05, 3.63) is 33.9 Å². The van der Waals surface area contributed by atoms with Crippen molar-refractivity contribution in [1.82, 2.24) is 24.9 Å². The van der Waals surface area contributed by atoms with Gasteiger partial charge in [-0.25, -0.2) is 0 Å². The molecule has 0 saturated heterocycles. The Morgan fingerprint density at radius 2 is 2.05 bits per heavy atom. The molecule has 2 heterocycles. The first-order chi connectivity index (χ1) is 9.82. The van der Waals surface area contributed by atoms with Crippen LogP contribution in [0.25, 0.3) is 0 Å². The van der Waals surface area contributed by atoms with Gasteiger partial charge in [-0.1, -0.05) is 11.6 Å². The highest BCUT2D eigenvalue weighted by Crippen LogP contribution is 2.22. The van der Waals surface area contributed by atoms with Gasteiger partial charge in [0.15, 0.2) is 0 Å². The second kappa shape index (κ2) is 5.89. The summed E-state index contributed by atoms with van der Waals surface area (Å²) in [7, 11) is 1.88. The number of aromatic nitrogens is 4. The number of nitrogens with zero attached hydrogens (tertiary/aromatic N) is 4. The monoisotopic (exact) mass is 309 g/mol. The fourth-order valence-corrected chi connectivity index (χ4v) is 2.30. The number of nitrogens with one attached hydrogen (secondary N) is 1. The molecule has 0 aliphatic heterocycles. The fourth-order valence-electron chi connectivity index (χ4n) is 2.18.